The number of hydrogen-bond donors (Lipinski definition) is 1. The molecule has 0 unspecified atom stereocenters. The van der Waals surface area contributed by atoms with Gasteiger partial charge in [-0.3, -0.25) is 4.79 Å². The molecule has 1 amide bonds. The lowest BCUT2D eigenvalue weighted by atomic mass is 10.1. The molecule has 0 heterocycles. The summed E-state index contributed by atoms with van der Waals surface area (Å²) in [6.45, 7) is 7.29. The van der Waals surface area contributed by atoms with Crippen molar-refractivity contribution in [3.05, 3.63) is 29.8 Å². The summed E-state index contributed by atoms with van der Waals surface area (Å²) in [7, 11) is 0. The maximum atomic E-state index is 11.5. The monoisotopic (exact) mass is 235 g/mol. The Labute approximate surface area is 103 Å². The number of amides is 1. The summed E-state index contributed by atoms with van der Waals surface area (Å²) in [5.74, 6) is 1.37. The Morgan fingerprint density at radius 2 is 1.94 bits per heavy atom. The Morgan fingerprint density at radius 1 is 1.29 bits per heavy atom. The Morgan fingerprint density at radius 3 is 2.47 bits per heavy atom. The van der Waals surface area contributed by atoms with E-state index in [4.69, 9.17) is 4.74 Å². The van der Waals surface area contributed by atoms with Gasteiger partial charge >= 0.3 is 0 Å². The van der Waals surface area contributed by atoms with Gasteiger partial charge in [0.15, 0.2) is 0 Å². The van der Waals surface area contributed by atoms with Gasteiger partial charge in [-0.2, -0.15) is 0 Å². The average molecular weight is 235 g/mol. The van der Waals surface area contributed by atoms with Gasteiger partial charge in [-0.05, 0) is 30.5 Å². The lowest BCUT2D eigenvalue weighted by Crippen LogP contribution is -2.23. The standard InChI is InChI=1S/C14H21NO2/c1-4-17-13-7-5-12(6-8-13)10-15-14(16)9-11(2)3/h5-8,11H,4,9-10H2,1-3H3,(H,15,16). The molecular formula is C14H21NO2. The minimum absolute atomic E-state index is 0.105. The van der Waals surface area contributed by atoms with E-state index in [0.717, 1.165) is 11.3 Å². The topological polar surface area (TPSA) is 38.3 Å². The molecule has 0 bridgehead atoms. The lowest BCUT2D eigenvalue weighted by Gasteiger charge is -2.08. The Hall–Kier alpha value is -1.51. The summed E-state index contributed by atoms with van der Waals surface area (Å²) >= 11 is 0. The van der Waals surface area contributed by atoms with Gasteiger partial charge in [-0.1, -0.05) is 26.0 Å². The predicted molar refractivity (Wildman–Crippen MR) is 68.9 cm³/mol. The van der Waals surface area contributed by atoms with E-state index in [1.165, 1.54) is 0 Å². The first-order valence-corrected chi connectivity index (χ1v) is 6.10. The summed E-state index contributed by atoms with van der Waals surface area (Å²) in [5.41, 5.74) is 1.09. The van der Waals surface area contributed by atoms with Gasteiger partial charge in [0.1, 0.15) is 5.75 Å². The van der Waals surface area contributed by atoms with E-state index in [9.17, 15) is 4.79 Å². The first-order chi connectivity index (χ1) is 8.11. The largest absolute Gasteiger partial charge is 0.494 e. The Balaban J connectivity index is 2.39. The third kappa shape index (κ3) is 5.38. The molecule has 1 aromatic carbocycles. The number of carbonyl (C=O) groups excluding carboxylic acids is 1. The molecule has 0 aliphatic rings. The second-order valence-electron chi connectivity index (χ2n) is 4.45. The molecule has 0 spiro atoms. The third-order valence-electron chi connectivity index (χ3n) is 2.32. The van der Waals surface area contributed by atoms with Crippen LogP contribution in [-0.2, 0) is 11.3 Å². The van der Waals surface area contributed by atoms with Crippen LogP contribution in [0.1, 0.15) is 32.8 Å². The third-order valence-corrected chi connectivity index (χ3v) is 2.32. The Kier molecular flexibility index (Phi) is 5.53. The lowest BCUT2D eigenvalue weighted by molar-refractivity contribution is -0.121. The zero-order chi connectivity index (χ0) is 12.7. The van der Waals surface area contributed by atoms with Crippen LogP contribution < -0.4 is 10.1 Å². The van der Waals surface area contributed by atoms with Gasteiger partial charge in [0.2, 0.25) is 5.91 Å². The number of carbonyl (C=O) groups is 1. The van der Waals surface area contributed by atoms with Gasteiger partial charge in [0, 0.05) is 13.0 Å². The molecule has 0 saturated heterocycles. The SMILES string of the molecule is CCOc1ccc(CNC(=O)CC(C)C)cc1. The average Bonchev–Trinajstić information content (AvgIpc) is 2.28. The first kappa shape index (κ1) is 13.6. The van der Waals surface area contributed by atoms with Crippen molar-refractivity contribution in [1.82, 2.24) is 5.32 Å². The number of rotatable bonds is 6. The normalized spacial score (nSPS) is 10.4. The summed E-state index contributed by atoms with van der Waals surface area (Å²) in [6.07, 6.45) is 0.580. The van der Waals surface area contributed by atoms with Crippen LogP contribution in [0.2, 0.25) is 0 Å². The van der Waals surface area contributed by atoms with Crippen LogP contribution in [0.15, 0.2) is 24.3 Å². The van der Waals surface area contributed by atoms with Crippen LogP contribution in [0.3, 0.4) is 0 Å². The van der Waals surface area contributed by atoms with Crippen molar-refractivity contribution in [1.29, 1.82) is 0 Å². The van der Waals surface area contributed by atoms with E-state index in [0.29, 0.717) is 25.5 Å². The van der Waals surface area contributed by atoms with Crippen LogP contribution in [0.5, 0.6) is 5.75 Å². The molecule has 1 rings (SSSR count). The van der Waals surface area contributed by atoms with Crippen LogP contribution >= 0.6 is 0 Å². The summed E-state index contributed by atoms with van der Waals surface area (Å²) in [5, 5.41) is 2.90. The summed E-state index contributed by atoms with van der Waals surface area (Å²) in [6, 6.07) is 7.79. The van der Waals surface area contributed by atoms with Crippen molar-refractivity contribution < 1.29 is 9.53 Å². The van der Waals surface area contributed by atoms with Crippen molar-refractivity contribution in [2.75, 3.05) is 6.61 Å². The number of nitrogens with one attached hydrogen (secondary N) is 1. The number of benzene rings is 1. The molecule has 0 aliphatic heterocycles. The summed E-state index contributed by atoms with van der Waals surface area (Å²) < 4.78 is 5.35. The van der Waals surface area contributed by atoms with Crippen LogP contribution in [-0.4, -0.2) is 12.5 Å². The van der Waals surface area contributed by atoms with Crippen LogP contribution in [0.25, 0.3) is 0 Å². The summed E-state index contributed by atoms with van der Waals surface area (Å²) in [4.78, 5) is 11.5. The molecule has 0 aliphatic carbocycles. The number of hydrogen-bond acceptors (Lipinski definition) is 2. The molecule has 3 heteroatoms. The maximum Gasteiger partial charge on any atom is 0.220 e. The van der Waals surface area contributed by atoms with Crippen LogP contribution in [0, 0.1) is 5.92 Å². The first-order valence-electron chi connectivity index (χ1n) is 6.10. The second kappa shape index (κ2) is 6.94. The van der Waals surface area contributed by atoms with Gasteiger partial charge in [0.05, 0.1) is 6.61 Å². The van der Waals surface area contributed by atoms with Gasteiger partial charge in [0.25, 0.3) is 0 Å². The second-order valence-corrected chi connectivity index (χ2v) is 4.45. The molecule has 0 fully saturated rings. The van der Waals surface area contributed by atoms with Crippen molar-refractivity contribution in [2.24, 2.45) is 5.92 Å². The molecule has 0 aromatic heterocycles. The Bertz CT molecular complexity index is 344. The molecule has 94 valence electrons. The van der Waals surface area contributed by atoms with E-state index in [2.05, 4.69) is 5.32 Å². The molecular weight excluding hydrogens is 214 g/mol. The van der Waals surface area contributed by atoms with Crippen molar-refractivity contribution in [2.45, 2.75) is 33.7 Å². The molecule has 17 heavy (non-hydrogen) atoms. The van der Waals surface area contributed by atoms with Gasteiger partial charge in [-0.15, -0.1) is 0 Å². The molecule has 1 aromatic rings. The predicted octanol–water partition coefficient (Wildman–Crippen LogP) is 2.75. The fraction of sp³-hybridized carbons (Fsp3) is 0.500. The highest BCUT2D eigenvalue weighted by molar-refractivity contribution is 5.76. The fourth-order valence-electron chi connectivity index (χ4n) is 1.51. The van der Waals surface area contributed by atoms with Crippen LogP contribution in [0.4, 0.5) is 0 Å². The molecule has 0 radical (unpaired) electrons. The fourth-order valence-corrected chi connectivity index (χ4v) is 1.51. The molecule has 0 atom stereocenters. The highest BCUT2D eigenvalue weighted by atomic mass is 16.5. The quantitative estimate of drug-likeness (QED) is 0.823. The minimum atomic E-state index is 0.105. The minimum Gasteiger partial charge on any atom is -0.494 e. The van der Waals surface area contributed by atoms with E-state index in [1.807, 2.05) is 45.0 Å². The van der Waals surface area contributed by atoms with E-state index < -0.39 is 0 Å². The smallest absolute Gasteiger partial charge is 0.220 e. The van der Waals surface area contributed by atoms with Gasteiger partial charge < -0.3 is 10.1 Å². The molecule has 1 N–H and O–H groups in total. The van der Waals surface area contributed by atoms with E-state index in [1.54, 1.807) is 0 Å². The highest BCUT2D eigenvalue weighted by Gasteiger charge is 2.04. The molecule has 3 nitrogen and oxygen atoms in total. The van der Waals surface area contributed by atoms with Crippen molar-refractivity contribution >= 4 is 5.91 Å². The molecule has 0 saturated carbocycles. The number of ether oxygens (including phenoxy) is 1. The van der Waals surface area contributed by atoms with Crippen molar-refractivity contribution in [3.8, 4) is 5.75 Å². The van der Waals surface area contributed by atoms with Gasteiger partial charge in [-0.25, -0.2) is 0 Å². The highest BCUT2D eigenvalue weighted by Crippen LogP contribution is 2.11. The van der Waals surface area contributed by atoms with Crippen molar-refractivity contribution in [3.63, 3.8) is 0 Å². The van der Waals surface area contributed by atoms with E-state index >= 15 is 0 Å². The zero-order valence-electron chi connectivity index (χ0n) is 10.8. The maximum absolute atomic E-state index is 11.5. The van der Waals surface area contributed by atoms with E-state index in [-0.39, 0.29) is 5.91 Å². The zero-order valence-corrected chi connectivity index (χ0v) is 10.8.